The summed E-state index contributed by atoms with van der Waals surface area (Å²) >= 11 is 0. The molecule has 190 valence electrons. The molecule has 0 aliphatic carbocycles. The van der Waals surface area contributed by atoms with Crippen molar-refractivity contribution in [3.63, 3.8) is 0 Å². The van der Waals surface area contributed by atoms with Crippen LogP contribution < -0.4 is 19.1 Å². The lowest BCUT2D eigenvalue weighted by Gasteiger charge is -2.39. The number of halogens is 2. The number of anilines is 1. The van der Waals surface area contributed by atoms with Crippen molar-refractivity contribution in [2.45, 2.75) is 25.4 Å². The zero-order valence-corrected chi connectivity index (χ0v) is 20.7. The van der Waals surface area contributed by atoms with Gasteiger partial charge in [-0.2, -0.15) is 0 Å². The Morgan fingerprint density at radius 1 is 0.861 bits per heavy atom. The van der Waals surface area contributed by atoms with Gasteiger partial charge in [0.15, 0.2) is 11.5 Å². The van der Waals surface area contributed by atoms with Crippen molar-refractivity contribution in [3.05, 3.63) is 83.4 Å². The number of methoxy groups -OCH3 is 3. The molecule has 0 N–H and O–H groups in total. The first-order chi connectivity index (χ1) is 17.5. The lowest BCUT2D eigenvalue weighted by molar-refractivity contribution is 0.0955. The Hall–Kier alpha value is -3.65. The van der Waals surface area contributed by atoms with Gasteiger partial charge in [-0.05, 0) is 49.2 Å². The van der Waals surface area contributed by atoms with E-state index in [1.165, 1.54) is 25.3 Å². The first kappa shape index (κ1) is 25.4. The van der Waals surface area contributed by atoms with Crippen LogP contribution in [0.1, 0.15) is 28.8 Å². The zero-order valence-electron chi connectivity index (χ0n) is 20.7. The Bertz CT molecular complexity index is 1190. The third kappa shape index (κ3) is 5.28. The lowest BCUT2D eigenvalue weighted by atomic mass is 9.99. The van der Waals surface area contributed by atoms with Gasteiger partial charge in [-0.1, -0.05) is 18.2 Å². The average Bonchev–Trinajstić information content (AvgIpc) is 2.91. The summed E-state index contributed by atoms with van der Waals surface area (Å²) < 4.78 is 44.7. The van der Waals surface area contributed by atoms with Gasteiger partial charge in [0.05, 0.1) is 26.9 Å². The Morgan fingerprint density at radius 3 is 2.14 bits per heavy atom. The minimum atomic E-state index is -0.546. The lowest BCUT2D eigenvalue weighted by Crippen LogP contribution is -2.47. The van der Waals surface area contributed by atoms with Crippen LogP contribution in [0.15, 0.2) is 60.7 Å². The van der Waals surface area contributed by atoms with Crippen molar-refractivity contribution in [2.24, 2.45) is 0 Å². The maximum absolute atomic E-state index is 14.2. The number of hydrogen-bond acceptors (Lipinski definition) is 5. The van der Waals surface area contributed by atoms with Crippen molar-refractivity contribution in [1.29, 1.82) is 0 Å². The number of nitrogens with zero attached hydrogens (tertiary/aromatic N) is 2. The molecule has 1 saturated heterocycles. The van der Waals surface area contributed by atoms with Gasteiger partial charge >= 0.3 is 0 Å². The fraction of sp³-hybridized carbons (Fsp3) is 0.321. The van der Waals surface area contributed by atoms with E-state index in [0.29, 0.717) is 54.4 Å². The van der Waals surface area contributed by atoms with E-state index in [1.54, 1.807) is 49.5 Å². The molecule has 4 rings (SSSR count). The van der Waals surface area contributed by atoms with E-state index >= 15 is 0 Å². The molecule has 1 aliphatic heterocycles. The highest BCUT2D eigenvalue weighted by atomic mass is 19.1. The summed E-state index contributed by atoms with van der Waals surface area (Å²) in [6, 6.07) is 16.3. The van der Waals surface area contributed by atoms with Crippen LogP contribution in [0.3, 0.4) is 0 Å². The van der Waals surface area contributed by atoms with Gasteiger partial charge in [0.2, 0.25) is 0 Å². The largest absolute Gasteiger partial charge is 0.496 e. The quantitative estimate of drug-likeness (QED) is 0.424. The number of para-hydroxylation sites is 1. The van der Waals surface area contributed by atoms with Crippen LogP contribution in [0, 0.1) is 11.6 Å². The second kappa shape index (κ2) is 11.4. The topological polar surface area (TPSA) is 51.2 Å². The first-order valence-corrected chi connectivity index (χ1v) is 11.8. The maximum Gasteiger partial charge on any atom is 0.262 e. The fourth-order valence-corrected chi connectivity index (χ4v) is 4.66. The highest BCUT2D eigenvalue weighted by Crippen LogP contribution is 2.35. The molecule has 1 fully saturated rings. The monoisotopic (exact) mass is 496 g/mol. The number of likely N-dealkylation sites (tertiary alicyclic amines) is 1. The van der Waals surface area contributed by atoms with Crippen LogP contribution in [0.5, 0.6) is 17.2 Å². The summed E-state index contributed by atoms with van der Waals surface area (Å²) in [6.45, 7) is 1.35. The molecular formula is C28H30F2N2O4. The van der Waals surface area contributed by atoms with Crippen LogP contribution in [-0.4, -0.2) is 51.3 Å². The Balaban J connectivity index is 1.62. The van der Waals surface area contributed by atoms with Crippen LogP contribution in [0.4, 0.5) is 14.5 Å². The van der Waals surface area contributed by atoms with Gasteiger partial charge < -0.3 is 19.1 Å². The molecule has 8 heteroatoms. The molecule has 0 saturated carbocycles. The number of carbonyl (C=O) groups is 1. The standard InChI is InChI=1S/C28H30F2N2O4/c1-34-25-10-5-4-7-21(25)28(33)32(20-11-12-26(35-2)27(17-20)36-3)19-13-15-31(16-14-19)18-22-23(29)8-6-9-24(22)30/h4-12,17,19H,13-16,18H2,1-3H3. The molecule has 1 amide bonds. The number of piperidine rings is 1. The second-order valence-corrected chi connectivity index (χ2v) is 8.62. The normalized spacial score (nSPS) is 14.4. The van der Waals surface area contributed by atoms with E-state index in [4.69, 9.17) is 14.2 Å². The van der Waals surface area contributed by atoms with E-state index in [0.717, 1.165) is 0 Å². The number of ether oxygens (including phenoxy) is 3. The Kier molecular flexibility index (Phi) is 8.05. The van der Waals surface area contributed by atoms with Gasteiger partial charge in [0, 0.05) is 43.0 Å². The highest BCUT2D eigenvalue weighted by molar-refractivity contribution is 6.08. The molecule has 0 spiro atoms. The van der Waals surface area contributed by atoms with Crippen molar-refractivity contribution in [2.75, 3.05) is 39.3 Å². The summed E-state index contributed by atoms with van der Waals surface area (Å²) in [5, 5.41) is 0. The minimum absolute atomic E-state index is 0.0674. The van der Waals surface area contributed by atoms with E-state index in [-0.39, 0.29) is 24.1 Å². The predicted octanol–water partition coefficient (Wildman–Crippen LogP) is 5.30. The molecule has 6 nitrogen and oxygen atoms in total. The maximum atomic E-state index is 14.2. The van der Waals surface area contributed by atoms with Gasteiger partial charge in [0.25, 0.3) is 5.91 Å². The van der Waals surface area contributed by atoms with E-state index in [1.807, 2.05) is 17.0 Å². The molecule has 0 atom stereocenters. The highest BCUT2D eigenvalue weighted by Gasteiger charge is 2.32. The van der Waals surface area contributed by atoms with Crippen LogP contribution in [-0.2, 0) is 6.54 Å². The predicted molar refractivity (Wildman–Crippen MR) is 134 cm³/mol. The molecule has 1 aliphatic rings. The first-order valence-electron chi connectivity index (χ1n) is 11.8. The van der Waals surface area contributed by atoms with Gasteiger partial charge in [-0.25, -0.2) is 8.78 Å². The second-order valence-electron chi connectivity index (χ2n) is 8.62. The molecule has 1 heterocycles. The van der Waals surface area contributed by atoms with Crippen molar-refractivity contribution in [3.8, 4) is 17.2 Å². The number of benzene rings is 3. The summed E-state index contributed by atoms with van der Waals surface area (Å²) in [5.74, 6) is 0.275. The van der Waals surface area contributed by atoms with Crippen LogP contribution in [0.2, 0.25) is 0 Å². The molecule has 3 aromatic carbocycles. The summed E-state index contributed by atoms with van der Waals surface area (Å²) in [7, 11) is 4.64. The number of carbonyl (C=O) groups excluding carboxylic acids is 1. The van der Waals surface area contributed by atoms with E-state index < -0.39 is 11.6 Å². The van der Waals surface area contributed by atoms with Crippen LogP contribution in [0.25, 0.3) is 0 Å². The Labute approximate surface area is 210 Å². The number of amides is 1. The molecule has 0 unspecified atom stereocenters. The third-order valence-electron chi connectivity index (χ3n) is 6.57. The SMILES string of the molecule is COc1ccc(N(C(=O)c2ccccc2OC)C2CCN(Cc3c(F)cccc3F)CC2)cc1OC. The minimum Gasteiger partial charge on any atom is -0.496 e. The molecule has 36 heavy (non-hydrogen) atoms. The number of rotatable bonds is 8. The van der Waals surface area contributed by atoms with Crippen molar-refractivity contribution < 1.29 is 27.8 Å². The molecular weight excluding hydrogens is 466 g/mol. The summed E-state index contributed by atoms with van der Waals surface area (Å²) in [5.41, 5.74) is 1.19. The molecule has 0 bridgehead atoms. The van der Waals surface area contributed by atoms with E-state index in [9.17, 15) is 13.6 Å². The van der Waals surface area contributed by atoms with E-state index in [2.05, 4.69) is 0 Å². The van der Waals surface area contributed by atoms with Crippen molar-refractivity contribution in [1.82, 2.24) is 4.90 Å². The summed E-state index contributed by atoms with van der Waals surface area (Å²) in [4.78, 5) is 17.7. The fourth-order valence-electron chi connectivity index (χ4n) is 4.66. The van der Waals surface area contributed by atoms with Gasteiger partial charge in [-0.15, -0.1) is 0 Å². The third-order valence-corrected chi connectivity index (χ3v) is 6.57. The van der Waals surface area contributed by atoms with Crippen LogP contribution >= 0.6 is 0 Å². The van der Waals surface area contributed by atoms with Gasteiger partial charge in [-0.3, -0.25) is 9.69 Å². The molecule has 0 radical (unpaired) electrons. The smallest absolute Gasteiger partial charge is 0.262 e. The van der Waals surface area contributed by atoms with Crippen molar-refractivity contribution >= 4 is 11.6 Å². The zero-order chi connectivity index (χ0) is 25.7. The molecule has 3 aromatic rings. The molecule has 0 aromatic heterocycles. The summed E-state index contributed by atoms with van der Waals surface area (Å²) in [6.07, 6.45) is 1.26. The number of hydrogen-bond donors (Lipinski definition) is 0. The average molecular weight is 497 g/mol. The van der Waals surface area contributed by atoms with Gasteiger partial charge in [0.1, 0.15) is 17.4 Å². The Morgan fingerprint density at radius 2 is 1.50 bits per heavy atom.